The molecule has 0 bridgehead atoms. The van der Waals surface area contributed by atoms with Gasteiger partial charge in [0.15, 0.2) is 0 Å². The number of rotatable bonds is 8. The molecule has 1 atom stereocenters. The maximum atomic E-state index is 11.7. The van der Waals surface area contributed by atoms with Crippen LogP contribution < -0.4 is 5.32 Å². The van der Waals surface area contributed by atoms with E-state index in [9.17, 15) is 4.79 Å². The predicted molar refractivity (Wildman–Crippen MR) is 83.3 cm³/mol. The van der Waals surface area contributed by atoms with Crippen molar-refractivity contribution in [3.05, 3.63) is 41.5 Å². The van der Waals surface area contributed by atoms with Gasteiger partial charge in [-0.05, 0) is 42.5 Å². The average Bonchev–Trinajstić information content (AvgIpc) is 2.51. The Balaban J connectivity index is 2.44. The quantitative estimate of drug-likeness (QED) is 0.721. The summed E-state index contributed by atoms with van der Waals surface area (Å²) in [5.41, 5.74) is 1.48. The van der Waals surface area contributed by atoms with Gasteiger partial charge in [0.05, 0.1) is 11.6 Å². The van der Waals surface area contributed by atoms with Gasteiger partial charge in [0, 0.05) is 19.2 Å². The minimum Gasteiger partial charge on any atom is -0.396 e. The molecule has 2 N–H and O–H groups in total. The Bertz CT molecular complexity index is 495. The molecule has 0 heterocycles. The molecule has 1 aromatic rings. The van der Waals surface area contributed by atoms with Crippen molar-refractivity contribution in [3.63, 3.8) is 0 Å². The molecule has 1 rings (SSSR count). The third-order valence-corrected chi connectivity index (χ3v) is 3.27. The lowest BCUT2D eigenvalue weighted by molar-refractivity contribution is -0.116. The fraction of sp³-hybridized carbons (Fsp3) is 0.412. The van der Waals surface area contributed by atoms with E-state index in [-0.39, 0.29) is 12.5 Å². The Labute approximate surface area is 126 Å². The van der Waals surface area contributed by atoms with E-state index in [0.29, 0.717) is 24.4 Å². The first-order chi connectivity index (χ1) is 10.2. The molecule has 4 nitrogen and oxygen atoms in total. The smallest absolute Gasteiger partial charge is 0.244 e. The van der Waals surface area contributed by atoms with Crippen molar-refractivity contribution >= 4 is 12.0 Å². The molecule has 1 unspecified atom stereocenters. The molecule has 4 heteroatoms. The van der Waals surface area contributed by atoms with Crippen LogP contribution in [0.5, 0.6) is 0 Å². The topological polar surface area (TPSA) is 73.1 Å². The number of aliphatic hydroxyl groups excluding tert-OH is 1. The highest BCUT2D eigenvalue weighted by Gasteiger charge is 2.07. The molecule has 0 fully saturated rings. The van der Waals surface area contributed by atoms with E-state index in [1.54, 1.807) is 30.3 Å². The van der Waals surface area contributed by atoms with E-state index in [1.807, 2.05) is 0 Å². The van der Waals surface area contributed by atoms with Gasteiger partial charge in [0.2, 0.25) is 5.91 Å². The zero-order valence-electron chi connectivity index (χ0n) is 12.4. The van der Waals surface area contributed by atoms with E-state index in [4.69, 9.17) is 10.4 Å². The summed E-state index contributed by atoms with van der Waals surface area (Å²) in [5, 5.41) is 20.5. The number of amides is 1. The van der Waals surface area contributed by atoms with Gasteiger partial charge in [0.25, 0.3) is 0 Å². The predicted octanol–water partition coefficient (Wildman–Crippen LogP) is 2.49. The minimum atomic E-state index is -0.140. The Kier molecular flexibility index (Phi) is 7.85. The van der Waals surface area contributed by atoms with Crippen LogP contribution in [0.3, 0.4) is 0 Å². The molecule has 0 spiro atoms. The molecule has 0 aliphatic heterocycles. The van der Waals surface area contributed by atoms with Crippen LogP contribution in [0.4, 0.5) is 0 Å². The molecular formula is C17H22N2O2. The SMILES string of the molecule is CCCC(CCO)CNC(=O)/C=C/c1ccc(C#N)cc1. The van der Waals surface area contributed by atoms with E-state index in [0.717, 1.165) is 18.4 Å². The van der Waals surface area contributed by atoms with Gasteiger partial charge in [-0.2, -0.15) is 5.26 Å². The van der Waals surface area contributed by atoms with E-state index < -0.39 is 0 Å². The lowest BCUT2D eigenvalue weighted by Crippen LogP contribution is -2.28. The van der Waals surface area contributed by atoms with Crippen molar-refractivity contribution in [2.45, 2.75) is 26.2 Å². The van der Waals surface area contributed by atoms with Gasteiger partial charge >= 0.3 is 0 Å². The largest absolute Gasteiger partial charge is 0.396 e. The summed E-state index contributed by atoms with van der Waals surface area (Å²) in [4.78, 5) is 11.7. The fourth-order valence-corrected chi connectivity index (χ4v) is 2.08. The Hall–Kier alpha value is -2.12. The zero-order valence-corrected chi connectivity index (χ0v) is 12.4. The number of hydrogen-bond donors (Lipinski definition) is 2. The summed E-state index contributed by atoms with van der Waals surface area (Å²) >= 11 is 0. The van der Waals surface area contributed by atoms with Gasteiger partial charge in [-0.15, -0.1) is 0 Å². The molecule has 0 saturated heterocycles. The monoisotopic (exact) mass is 286 g/mol. The number of carbonyl (C=O) groups is 1. The third-order valence-electron chi connectivity index (χ3n) is 3.27. The minimum absolute atomic E-state index is 0.140. The van der Waals surface area contributed by atoms with Crippen molar-refractivity contribution in [1.82, 2.24) is 5.32 Å². The molecule has 1 amide bonds. The first-order valence-corrected chi connectivity index (χ1v) is 7.26. The first-order valence-electron chi connectivity index (χ1n) is 7.26. The van der Waals surface area contributed by atoms with Gasteiger partial charge in [-0.25, -0.2) is 0 Å². The lowest BCUT2D eigenvalue weighted by Gasteiger charge is -2.14. The second-order valence-corrected chi connectivity index (χ2v) is 4.98. The van der Waals surface area contributed by atoms with Crippen LogP contribution in [0.25, 0.3) is 6.08 Å². The molecule has 0 aliphatic rings. The molecule has 0 aliphatic carbocycles. The van der Waals surface area contributed by atoms with Gasteiger partial charge < -0.3 is 10.4 Å². The summed E-state index contributed by atoms with van der Waals surface area (Å²) in [6, 6.07) is 9.09. The number of carbonyl (C=O) groups excluding carboxylic acids is 1. The van der Waals surface area contributed by atoms with Crippen LogP contribution in [0.2, 0.25) is 0 Å². The van der Waals surface area contributed by atoms with Crippen molar-refractivity contribution in [3.8, 4) is 6.07 Å². The average molecular weight is 286 g/mol. The molecule has 0 saturated carbocycles. The number of nitrogens with zero attached hydrogens (tertiary/aromatic N) is 1. The van der Waals surface area contributed by atoms with Crippen molar-refractivity contribution in [1.29, 1.82) is 5.26 Å². The summed E-state index contributed by atoms with van der Waals surface area (Å²) in [6.45, 7) is 2.84. The molecule has 112 valence electrons. The van der Waals surface area contributed by atoms with Crippen molar-refractivity contribution in [2.75, 3.05) is 13.2 Å². The van der Waals surface area contributed by atoms with Crippen LogP contribution in [0, 0.1) is 17.2 Å². The normalized spacial score (nSPS) is 12.0. The van der Waals surface area contributed by atoms with Crippen LogP contribution in [-0.2, 0) is 4.79 Å². The van der Waals surface area contributed by atoms with Gasteiger partial charge in [-0.1, -0.05) is 25.5 Å². The van der Waals surface area contributed by atoms with Gasteiger partial charge in [0.1, 0.15) is 0 Å². The Morgan fingerprint density at radius 1 is 1.38 bits per heavy atom. The van der Waals surface area contributed by atoms with Crippen molar-refractivity contribution in [2.24, 2.45) is 5.92 Å². The Morgan fingerprint density at radius 3 is 2.67 bits per heavy atom. The second-order valence-electron chi connectivity index (χ2n) is 4.98. The number of hydrogen-bond acceptors (Lipinski definition) is 3. The second kappa shape index (κ2) is 9.73. The first kappa shape index (κ1) is 16.9. The molecule has 0 aromatic heterocycles. The highest BCUT2D eigenvalue weighted by atomic mass is 16.3. The summed E-state index contributed by atoms with van der Waals surface area (Å²) in [5.74, 6) is 0.186. The highest BCUT2D eigenvalue weighted by molar-refractivity contribution is 5.91. The molecule has 1 aromatic carbocycles. The van der Waals surface area contributed by atoms with Crippen LogP contribution in [0.15, 0.2) is 30.3 Å². The summed E-state index contributed by atoms with van der Waals surface area (Å²) in [6.07, 6.45) is 5.97. The third kappa shape index (κ3) is 6.73. The standard InChI is InChI=1S/C17H22N2O2/c1-2-3-16(10-11-20)13-19-17(21)9-8-14-4-6-15(12-18)7-5-14/h4-9,16,20H,2-3,10-11,13H2,1H3,(H,19,21)/b9-8+. The Morgan fingerprint density at radius 2 is 2.10 bits per heavy atom. The van der Waals surface area contributed by atoms with Crippen molar-refractivity contribution < 1.29 is 9.90 Å². The van der Waals surface area contributed by atoms with E-state index >= 15 is 0 Å². The maximum Gasteiger partial charge on any atom is 0.244 e. The number of benzene rings is 1. The van der Waals surface area contributed by atoms with Gasteiger partial charge in [-0.3, -0.25) is 4.79 Å². The van der Waals surface area contributed by atoms with Crippen LogP contribution in [-0.4, -0.2) is 24.2 Å². The molecular weight excluding hydrogens is 264 g/mol. The zero-order chi connectivity index (χ0) is 15.5. The highest BCUT2D eigenvalue weighted by Crippen LogP contribution is 2.09. The lowest BCUT2D eigenvalue weighted by atomic mass is 10.0. The fourth-order valence-electron chi connectivity index (χ4n) is 2.08. The van der Waals surface area contributed by atoms with Crippen LogP contribution in [0.1, 0.15) is 37.3 Å². The van der Waals surface area contributed by atoms with E-state index in [2.05, 4.69) is 18.3 Å². The van der Waals surface area contributed by atoms with Crippen LogP contribution >= 0.6 is 0 Å². The summed E-state index contributed by atoms with van der Waals surface area (Å²) < 4.78 is 0. The molecule has 21 heavy (non-hydrogen) atoms. The number of nitriles is 1. The number of aliphatic hydroxyl groups is 1. The maximum absolute atomic E-state index is 11.7. The molecule has 0 radical (unpaired) electrons. The summed E-state index contributed by atoms with van der Waals surface area (Å²) in [7, 11) is 0. The number of nitrogens with one attached hydrogen (secondary N) is 1. The van der Waals surface area contributed by atoms with E-state index in [1.165, 1.54) is 6.08 Å².